The van der Waals surface area contributed by atoms with Crippen LogP contribution in [0.5, 0.6) is 5.75 Å². The van der Waals surface area contributed by atoms with Gasteiger partial charge in [-0.1, -0.05) is 5.16 Å². The molecule has 0 radical (unpaired) electrons. The Morgan fingerprint density at radius 1 is 1.36 bits per heavy atom. The largest absolute Gasteiger partial charge is 0.491 e. The molecule has 7 heteroatoms. The van der Waals surface area contributed by atoms with E-state index in [4.69, 9.17) is 9.26 Å². The van der Waals surface area contributed by atoms with E-state index >= 15 is 0 Å². The number of likely N-dealkylation sites (N-methyl/N-ethyl adjacent to an activating group) is 1. The number of rotatable bonds is 4. The van der Waals surface area contributed by atoms with Crippen molar-refractivity contribution in [1.82, 2.24) is 10.1 Å². The van der Waals surface area contributed by atoms with E-state index in [1.165, 1.54) is 0 Å². The first-order valence-electron chi connectivity index (χ1n) is 8.19. The number of anilines is 1. The molecule has 25 heavy (non-hydrogen) atoms. The highest BCUT2D eigenvalue weighted by Crippen LogP contribution is 2.26. The molecule has 0 spiro atoms. The third kappa shape index (κ3) is 3.65. The smallest absolute Gasteiger partial charge is 0.257 e. The average molecular weight is 343 g/mol. The second-order valence-electron chi connectivity index (χ2n) is 6.14. The van der Waals surface area contributed by atoms with E-state index in [2.05, 4.69) is 10.5 Å². The highest BCUT2D eigenvalue weighted by Gasteiger charge is 2.21. The molecule has 7 nitrogen and oxygen atoms in total. The van der Waals surface area contributed by atoms with Crippen LogP contribution < -0.4 is 10.1 Å². The molecule has 0 unspecified atom stereocenters. The number of hydrogen-bond donors (Lipinski definition) is 1. The van der Waals surface area contributed by atoms with Gasteiger partial charge in [0.2, 0.25) is 5.91 Å². The van der Waals surface area contributed by atoms with Crippen molar-refractivity contribution < 1.29 is 18.8 Å². The summed E-state index contributed by atoms with van der Waals surface area (Å²) in [6, 6.07) is 5.12. The Morgan fingerprint density at radius 2 is 2.16 bits per heavy atom. The molecule has 1 aromatic carbocycles. The van der Waals surface area contributed by atoms with Crippen LogP contribution in [0, 0.1) is 13.8 Å². The Balaban J connectivity index is 1.68. The Labute approximate surface area is 145 Å². The van der Waals surface area contributed by atoms with Crippen molar-refractivity contribution in [3.63, 3.8) is 0 Å². The van der Waals surface area contributed by atoms with Crippen LogP contribution in [-0.4, -0.2) is 42.1 Å². The fraction of sp³-hybridized carbons (Fsp3) is 0.389. The van der Waals surface area contributed by atoms with Gasteiger partial charge < -0.3 is 19.5 Å². The molecule has 1 aliphatic heterocycles. The lowest BCUT2D eigenvalue weighted by Gasteiger charge is -2.13. The number of ether oxygens (including phenoxy) is 1. The lowest BCUT2D eigenvalue weighted by atomic mass is 10.1. The third-order valence-corrected chi connectivity index (χ3v) is 4.31. The Kier molecular flexibility index (Phi) is 4.74. The molecule has 0 bridgehead atoms. The van der Waals surface area contributed by atoms with Gasteiger partial charge in [-0.15, -0.1) is 0 Å². The number of aryl methyl sites for hydroxylation is 2. The zero-order valence-electron chi connectivity index (χ0n) is 14.6. The fourth-order valence-corrected chi connectivity index (χ4v) is 2.82. The summed E-state index contributed by atoms with van der Waals surface area (Å²) in [5, 5.41) is 6.72. The summed E-state index contributed by atoms with van der Waals surface area (Å²) in [6.07, 6.45) is 0.868. The molecule has 2 amide bonds. The lowest BCUT2D eigenvalue weighted by molar-refractivity contribution is -0.116. The van der Waals surface area contributed by atoms with Crippen molar-refractivity contribution in [2.45, 2.75) is 26.7 Å². The molecular weight excluding hydrogens is 322 g/mol. The molecule has 132 valence electrons. The monoisotopic (exact) mass is 343 g/mol. The lowest BCUT2D eigenvalue weighted by Crippen LogP contribution is -2.27. The second-order valence-corrected chi connectivity index (χ2v) is 6.14. The van der Waals surface area contributed by atoms with E-state index in [1.54, 1.807) is 30.1 Å². The first-order chi connectivity index (χ1) is 12.0. The van der Waals surface area contributed by atoms with Crippen molar-refractivity contribution in [3.05, 3.63) is 40.8 Å². The van der Waals surface area contributed by atoms with Crippen LogP contribution in [0.3, 0.4) is 0 Å². The summed E-state index contributed by atoms with van der Waals surface area (Å²) in [5.74, 6) is 1.04. The number of fused-ring (bicyclic) bond motifs is 1. The van der Waals surface area contributed by atoms with Gasteiger partial charge in [0.05, 0.1) is 17.8 Å². The average Bonchev–Trinajstić information content (AvgIpc) is 2.83. The minimum absolute atomic E-state index is 0.112. The predicted octanol–water partition coefficient (Wildman–Crippen LogP) is 2.33. The topological polar surface area (TPSA) is 84.7 Å². The molecule has 1 N–H and O–H groups in total. The Hall–Kier alpha value is -2.83. The maximum Gasteiger partial charge on any atom is 0.257 e. The van der Waals surface area contributed by atoms with Crippen LogP contribution in [0.1, 0.15) is 33.8 Å². The van der Waals surface area contributed by atoms with Gasteiger partial charge in [0.15, 0.2) is 0 Å². The summed E-state index contributed by atoms with van der Waals surface area (Å²) in [6.45, 7) is 4.69. The molecule has 3 rings (SSSR count). The maximum atomic E-state index is 12.3. The first-order valence-corrected chi connectivity index (χ1v) is 8.19. The van der Waals surface area contributed by atoms with Crippen molar-refractivity contribution in [2.24, 2.45) is 0 Å². The van der Waals surface area contributed by atoms with Gasteiger partial charge in [-0.05, 0) is 38.5 Å². The van der Waals surface area contributed by atoms with E-state index in [1.807, 2.05) is 13.8 Å². The van der Waals surface area contributed by atoms with E-state index in [-0.39, 0.29) is 11.8 Å². The van der Waals surface area contributed by atoms with Crippen LogP contribution >= 0.6 is 0 Å². The van der Waals surface area contributed by atoms with Gasteiger partial charge in [-0.25, -0.2) is 0 Å². The van der Waals surface area contributed by atoms with Crippen molar-refractivity contribution in [3.8, 4) is 5.75 Å². The number of carbonyl (C=O) groups is 2. The highest BCUT2D eigenvalue weighted by atomic mass is 16.5. The van der Waals surface area contributed by atoms with Crippen LogP contribution in [0.15, 0.2) is 22.7 Å². The quantitative estimate of drug-likeness (QED) is 0.921. The van der Waals surface area contributed by atoms with Gasteiger partial charge in [0.1, 0.15) is 18.1 Å². The molecule has 2 aromatic rings. The molecule has 0 atom stereocenters. The summed E-state index contributed by atoms with van der Waals surface area (Å²) in [7, 11) is 1.73. The van der Waals surface area contributed by atoms with Crippen molar-refractivity contribution >= 4 is 17.5 Å². The molecular formula is C18H21N3O4. The normalized spacial score (nSPS) is 13.9. The number of nitrogens with zero attached hydrogens (tertiary/aromatic N) is 2. The van der Waals surface area contributed by atoms with Gasteiger partial charge in [-0.2, -0.15) is 0 Å². The van der Waals surface area contributed by atoms with Crippen LogP contribution in [-0.2, 0) is 11.2 Å². The highest BCUT2D eigenvalue weighted by molar-refractivity contribution is 5.99. The molecule has 0 saturated heterocycles. The molecule has 1 aromatic heterocycles. The van der Waals surface area contributed by atoms with Gasteiger partial charge in [-0.3, -0.25) is 9.59 Å². The molecule has 1 aliphatic rings. The number of amides is 2. The standard InChI is InChI=1S/C18H21N3O4/c1-11-14(12(2)25-20-11)5-7-17(22)19-13-4-6-16-15(10-13)18(23)21(3)8-9-24-16/h4,6,10H,5,7-9H2,1-3H3,(H,19,22). The van der Waals surface area contributed by atoms with Crippen LogP contribution in [0.25, 0.3) is 0 Å². The van der Waals surface area contributed by atoms with Gasteiger partial charge in [0, 0.05) is 24.7 Å². The zero-order valence-corrected chi connectivity index (χ0v) is 14.6. The molecule has 0 fully saturated rings. The summed E-state index contributed by atoms with van der Waals surface area (Å²) < 4.78 is 10.7. The number of aromatic nitrogens is 1. The molecule has 2 heterocycles. The van der Waals surface area contributed by atoms with Gasteiger partial charge in [0.25, 0.3) is 5.91 Å². The van der Waals surface area contributed by atoms with Crippen LogP contribution in [0.2, 0.25) is 0 Å². The molecule has 0 saturated carbocycles. The minimum Gasteiger partial charge on any atom is -0.491 e. The predicted molar refractivity (Wildman–Crippen MR) is 91.8 cm³/mol. The summed E-state index contributed by atoms with van der Waals surface area (Å²) in [4.78, 5) is 26.2. The minimum atomic E-state index is -0.129. The number of nitrogens with one attached hydrogen (secondary N) is 1. The molecule has 0 aliphatic carbocycles. The third-order valence-electron chi connectivity index (χ3n) is 4.31. The van der Waals surface area contributed by atoms with E-state index in [0.29, 0.717) is 43.0 Å². The SMILES string of the molecule is Cc1noc(C)c1CCC(=O)Nc1ccc2c(c1)C(=O)N(C)CCO2. The number of hydrogen-bond acceptors (Lipinski definition) is 5. The second kappa shape index (κ2) is 6.96. The Bertz CT molecular complexity index is 793. The zero-order chi connectivity index (χ0) is 18.0. The van der Waals surface area contributed by atoms with Crippen LogP contribution in [0.4, 0.5) is 5.69 Å². The summed E-state index contributed by atoms with van der Waals surface area (Å²) in [5.41, 5.74) is 2.81. The van der Waals surface area contributed by atoms with Crippen molar-refractivity contribution in [2.75, 3.05) is 25.5 Å². The first kappa shape index (κ1) is 17.0. The number of benzene rings is 1. The number of carbonyl (C=O) groups excluding carboxylic acids is 2. The van der Waals surface area contributed by atoms with E-state index < -0.39 is 0 Å². The van der Waals surface area contributed by atoms with Gasteiger partial charge >= 0.3 is 0 Å². The van der Waals surface area contributed by atoms with E-state index in [0.717, 1.165) is 17.0 Å². The fourth-order valence-electron chi connectivity index (χ4n) is 2.82. The maximum absolute atomic E-state index is 12.3. The van der Waals surface area contributed by atoms with Crippen molar-refractivity contribution in [1.29, 1.82) is 0 Å². The van der Waals surface area contributed by atoms with E-state index in [9.17, 15) is 9.59 Å². The Morgan fingerprint density at radius 3 is 2.88 bits per heavy atom. The summed E-state index contributed by atoms with van der Waals surface area (Å²) >= 11 is 0.